The highest BCUT2D eigenvalue weighted by Gasteiger charge is 2.21. The fraction of sp³-hybridized carbons (Fsp3) is 0.600. The summed E-state index contributed by atoms with van der Waals surface area (Å²) in [6.07, 6.45) is 4.02. The second-order valence-electron chi connectivity index (χ2n) is 5.23. The van der Waals surface area contributed by atoms with Gasteiger partial charge in [-0.2, -0.15) is 0 Å². The summed E-state index contributed by atoms with van der Waals surface area (Å²) < 4.78 is 6.91. The average molecular weight is 327 g/mol. The highest BCUT2D eigenvalue weighted by atomic mass is 79.9. The van der Waals surface area contributed by atoms with Crippen LogP contribution in [0.2, 0.25) is 0 Å². The minimum absolute atomic E-state index is 0.263. The predicted molar refractivity (Wildman–Crippen MR) is 82.2 cm³/mol. The molecule has 0 amide bonds. The van der Waals surface area contributed by atoms with Crippen molar-refractivity contribution in [2.45, 2.75) is 31.4 Å². The highest BCUT2D eigenvalue weighted by molar-refractivity contribution is 9.10. The number of nitrogens with two attached hydrogens (primary N) is 1. The monoisotopic (exact) mass is 326 g/mol. The van der Waals surface area contributed by atoms with E-state index in [1.165, 1.54) is 24.8 Å². The van der Waals surface area contributed by atoms with Gasteiger partial charge in [-0.3, -0.25) is 4.90 Å². The van der Waals surface area contributed by atoms with Crippen LogP contribution in [-0.2, 0) is 4.74 Å². The van der Waals surface area contributed by atoms with Gasteiger partial charge in [0.15, 0.2) is 0 Å². The molecule has 3 nitrogen and oxygen atoms in total. The third-order valence-electron chi connectivity index (χ3n) is 3.78. The van der Waals surface area contributed by atoms with Crippen LogP contribution in [-0.4, -0.2) is 37.7 Å². The fourth-order valence-electron chi connectivity index (χ4n) is 2.66. The summed E-state index contributed by atoms with van der Waals surface area (Å²) in [5.41, 5.74) is 7.22. The lowest BCUT2D eigenvalue weighted by atomic mass is 10.0. The lowest BCUT2D eigenvalue weighted by Gasteiger charge is -2.32. The standard InChI is InChI=1S/C15H23BrN2O/c1-18(11-14-4-2-3-9-19-14)15(10-17)12-5-7-13(16)8-6-12/h5-8,14-15H,2-4,9-11,17H2,1H3. The molecule has 1 aliphatic rings. The lowest BCUT2D eigenvalue weighted by molar-refractivity contribution is -0.00777. The first-order valence-corrected chi connectivity index (χ1v) is 7.77. The number of likely N-dealkylation sites (N-methyl/N-ethyl adjacent to an activating group) is 1. The van der Waals surface area contributed by atoms with Gasteiger partial charge in [-0.15, -0.1) is 0 Å². The van der Waals surface area contributed by atoms with Crippen molar-refractivity contribution in [3.05, 3.63) is 34.3 Å². The molecule has 106 valence electrons. The second-order valence-corrected chi connectivity index (χ2v) is 6.15. The Balaban J connectivity index is 1.97. The first-order chi connectivity index (χ1) is 9.20. The molecule has 0 aliphatic carbocycles. The number of hydrogen-bond acceptors (Lipinski definition) is 3. The molecular weight excluding hydrogens is 304 g/mol. The zero-order valence-electron chi connectivity index (χ0n) is 11.5. The molecule has 1 fully saturated rings. The van der Waals surface area contributed by atoms with E-state index in [-0.39, 0.29) is 6.04 Å². The van der Waals surface area contributed by atoms with Gasteiger partial charge in [0.25, 0.3) is 0 Å². The van der Waals surface area contributed by atoms with Crippen LogP contribution in [0, 0.1) is 0 Å². The number of hydrogen-bond donors (Lipinski definition) is 1. The summed E-state index contributed by atoms with van der Waals surface area (Å²) in [7, 11) is 2.14. The Morgan fingerprint density at radius 2 is 2.11 bits per heavy atom. The van der Waals surface area contributed by atoms with Gasteiger partial charge in [0, 0.05) is 30.2 Å². The third-order valence-corrected chi connectivity index (χ3v) is 4.30. The van der Waals surface area contributed by atoms with Crippen molar-refractivity contribution in [2.24, 2.45) is 5.73 Å². The second kappa shape index (κ2) is 7.39. The Morgan fingerprint density at radius 3 is 2.68 bits per heavy atom. The predicted octanol–water partition coefficient (Wildman–Crippen LogP) is 2.95. The highest BCUT2D eigenvalue weighted by Crippen LogP contribution is 2.22. The molecule has 1 aliphatic heterocycles. The topological polar surface area (TPSA) is 38.5 Å². The number of nitrogens with zero attached hydrogens (tertiary/aromatic N) is 1. The van der Waals surface area contributed by atoms with Crippen molar-refractivity contribution in [1.29, 1.82) is 0 Å². The molecule has 0 radical (unpaired) electrons. The normalized spacial score (nSPS) is 21.6. The van der Waals surface area contributed by atoms with Gasteiger partial charge in [-0.05, 0) is 44.0 Å². The summed E-state index contributed by atoms with van der Waals surface area (Å²) in [4.78, 5) is 2.32. The van der Waals surface area contributed by atoms with Gasteiger partial charge in [0.05, 0.1) is 6.10 Å². The van der Waals surface area contributed by atoms with E-state index >= 15 is 0 Å². The van der Waals surface area contributed by atoms with E-state index in [1.54, 1.807) is 0 Å². The number of ether oxygens (including phenoxy) is 1. The van der Waals surface area contributed by atoms with Crippen molar-refractivity contribution in [2.75, 3.05) is 26.7 Å². The maximum atomic E-state index is 5.95. The van der Waals surface area contributed by atoms with Crippen LogP contribution >= 0.6 is 15.9 Å². The van der Waals surface area contributed by atoms with Gasteiger partial charge in [-0.1, -0.05) is 28.1 Å². The molecule has 0 bridgehead atoms. The molecule has 0 aromatic heterocycles. The molecule has 2 N–H and O–H groups in total. The first-order valence-electron chi connectivity index (χ1n) is 6.98. The van der Waals surface area contributed by atoms with Crippen LogP contribution in [0.4, 0.5) is 0 Å². The van der Waals surface area contributed by atoms with E-state index in [9.17, 15) is 0 Å². The maximum absolute atomic E-state index is 5.95. The van der Waals surface area contributed by atoms with E-state index in [0.29, 0.717) is 12.6 Å². The molecule has 2 unspecified atom stereocenters. The molecule has 1 saturated heterocycles. The van der Waals surface area contributed by atoms with Crippen LogP contribution in [0.1, 0.15) is 30.9 Å². The van der Waals surface area contributed by atoms with E-state index in [2.05, 4.69) is 52.1 Å². The van der Waals surface area contributed by atoms with Gasteiger partial charge in [-0.25, -0.2) is 0 Å². The summed E-state index contributed by atoms with van der Waals surface area (Å²) in [5, 5.41) is 0. The number of rotatable bonds is 5. The third kappa shape index (κ3) is 4.28. The molecule has 2 atom stereocenters. The molecular formula is C15H23BrN2O. The largest absolute Gasteiger partial charge is 0.377 e. The minimum atomic E-state index is 0.263. The number of benzene rings is 1. The molecule has 1 aromatic carbocycles. The van der Waals surface area contributed by atoms with Crippen molar-refractivity contribution >= 4 is 15.9 Å². The van der Waals surface area contributed by atoms with Gasteiger partial charge in [0.1, 0.15) is 0 Å². The van der Waals surface area contributed by atoms with E-state index in [0.717, 1.165) is 17.6 Å². The SMILES string of the molecule is CN(CC1CCCCO1)C(CN)c1ccc(Br)cc1. The zero-order valence-corrected chi connectivity index (χ0v) is 13.1. The van der Waals surface area contributed by atoms with Crippen LogP contribution < -0.4 is 5.73 Å². The Labute approximate surface area is 124 Å². The van der Waals surface area contributed by atoms with Crippen molar-refractivity contribution in [3.8, 4) is 0 Å². The molecule has 19 heavy (non-hydrogen) atoms. The van der Waals surface area contributed by atoms with Crippen molar-refractivity contribution in [3.63, 3.8) is 0 Å². The lowest BCUT2D eigenvalue weighted by Crippen LogP contribution is -2.38. The average Bonchev–Trinajstić information content (AvgIpc) is 2.43. The molecule has 2 rings (SSSR count). The Bertz CT molecular complexity index is 376. The smallest absolute Gasteiger partial charge is 0.0702 e. The van der Waals surface area contributed by atoms with Crippen molar-refractivity contribution < 1.29 is 4.74 Å². The first kappa shape index (κ1) is 15.0. The van der Waals surface area contributed by atoms with Crippen molar-refractivity contribution in [1.82, 2.24) is 4.90 Å². The zero-order chi connectivity index (χ0) is 13.7. The summed E-state index contributed by atoms with van der Waals surface area (Å²) >= 11 is 3.47. The quantitative estimate of drug-likeness (QED) is 0.904. The fourth-order valence-corrected chi connectivity index (χ4v) is 2.92. The summed E-state index contributed by atoms with van der Waals surface area (Å²) in [6.45, 7) is 2.49. The molecule has 1 heterocycles. The van der Waals surface area contributed by atoms with Crippen LogP contribution in [0.25, 0.3) is 0 Å². The van der Waals surface area contributed by atoms with Gasteiger partial charge >= 0.3 is 0 Å². The van der Waals surface area contributed by atoms with E-state index < -0.39 is 0 Å². The summed E-state index contributed by atoms with van der Waals surface area (Å²) in [5.74, 6) is 0. The molecule has 4 heteroatoms. The molecule has 0 saturated carbocycles. The van der Waals surface area contributed by atoms with E-state index in [1.807, 2.05) is 0 Å². The Morgan fingerprint density at radius 1 is 1.37 bits per heavy atom. The van der Waals surface area contributed by atoms with Crippen LogP contribution in [0.15, 0.2) is 28.7 Å². The molecule has 0 spiro atoms. The van der Waals surface area contributed by atoms with Gasteiger partial charge < -0.3 is 10.5 Å². The van der Waals surface area contributed by atoms with Gasteiger partial charge in [0.2, 0.25) is 0 Å². The maximum Gasteiger partial charge on any atom is 0.0702 e. The minimum Gasteiger partial charge on any atom is -0.377 e. The Hall–Kier alpha value is -0.420. The Kier molecular flexibility index (Phi) is 5.82. The van der Waals surface area contributed by atoms with Crippen LogP contribution in [0.5, 0.6) is 0 Å². The van der Waals surface area contributed by atoms with E-state index in [4.69, 9.17) is 10.5 Å². The molecule has 1 aromatic rings. The van der Waals surface area contributed by atoms with Crippen LogP contribution in [0.3, 0.4) is 0 Å². The summed E-state index contributed by atoms with van der Waals surface area (Å²) in [6, 6.07) is 8.68. The number of halogens is 1.